The van der Waals surface area contributed by atoms with Gasteiger partial charge in [0.2, 0.25) is 12.1 Å². The number of aromatic hydroxyl groups is 1. The van der Waals surface area contributed by atoms with Gasteiger partial charge >= 0.3 is 0 Å². The molecule has 3 aliphatic heterocycles. The second-order valence-corrected chi connectivity index (χ2v) is 14.0. The number of aliphatic hydroxyl groups excluding tert-OH is 4. The summed E-state index contributed by atoms with van der Waals surface area (Å²) >= 11 is 0. The maximum absolute atomic E-state index is 14.4. The van der Waals surface area contributed by atoms with Crippen LogP contribution in [0, 0.1) is 12.8 Å². The number of nitrogens with zero attached hydrogens (tertiary/aromatic N) is 2. The largest absolute Gasteiger partial charge is 0.507 e. The first-order chi connectivity index (χ1) is 27.1. The molecule has 6 rings (SSSR count). The number of amides is 2. The van der Waals surface area contributed by atoms with Crippen LogP contribution in [0.25, 0.3) is 0 Å². The number of guanidine groups is 1. The van der Waals surface area contributed by atoms with E-state index in [1.165, 1.54) is 26.3 Å². The first-order valence-corrected chi connectivity index (χ1v) is 17.8. The highest BCUT2D eigenvalue weighted by Gasteiger charge is 2.57. The fraction of sp³-hybridized carbons (Fsp3) is 0.395. The molecule has 4 aliphatic rings. The molecular weight excluding hydrogens is 748 g/mol. The predicted molar refractivity (Wildman–Crippen MR) is 199 cm³/mol. The van der Waals surface area contributed by atoms with Gasteiger partial charge in [-0.15, -0.1) is 0 Å². The Labute approximate surface area is 325 Å². The Hall–Kier alpha value is -5.83. The Morgan fingerprint density at radius 2 is 1.79 bits per heavy atom. The molecule has 0 unspecified atom stereocenters. The summed E-state index contributed by atoms with van der Waals surface area (Å²) in [6.07, 6.45) is -2.91. The Bertz CT molecular complexity index is 2130. The van der Waals surface area contributed by atoms with E-state index in [0.717, 1.165) is 23.1 Å². The molecule has 6 atom stereocenters. The lowest BCUT2D eigenvalue weighted by molar-refractivity contribution is -0.316. The molecule has 3 heterocycles. The van der Waals surface area contributed by atoms with Crippen molar-refractivity contribution in [2.45, 2.75) is 56.7 Å². The van der Waals surface area contributed by atoms with Crippen LogP contribution in [0.2, 0.25) is 0 Å². The van der Waals surface area contributed by atoms with Gasteiger partial charge in [-0.25, -0.2) is 0 Å². The van der Waals surface area contributed by atoms with E-state index in [1.807, 2.05) is 0 Å². The molecule has 1 aliphatic carbocycles. The quantitative estimate of drug-likeness (QED) is 0.0530. The van der Waals surface area contributed by atoms with Crippen LogP contribution in [0.3, 0.4) is 0 Å². The second kappa shape index (κ2) is 16.0. The van der Waals surface area contributed by atoms with E-state index in [9.17, 15) is 49.8 Å². The number of fused-ring (bicyclic) bond motifs is 2. The van der Waals surface area contributed by atoms with Gasteiger partial charge in [0.25, 0.3) is 11.8 Å². The number of hydrogen-bond acceptors (Lipinski definition) is 16. The third kappa shape index (κ3) is 7.20. The predicted octanol–water partition coefficient (Wildman–Crippen LogP) is -2.18. The zero-order valence-electron chi connectivity index (χ0n) is 31.2. The summed E-state index contributed by atoms with van der Waals surface area (Å²) in [7, 11) is 2.69. The average molecular weight is 793 g/mol. The topological polar surface area (TPSA) is 309 Å². The molecule has 0 spiro atoms. The number of dihydropyridines is 1. The number of ether oxygens (including phenoxy) is 3. The standard InChI is InChI=1S/C38H44N6O13/c1-16-8-19-29(32(50)20(16)12-43-37(40)41-2)33(51)30-23(10-22(55-3)21(14-45)28(30)31(19)49)56-36-34(52)35(53)38(54,24(15-46)57-36)11-18(17-6-7-42-25(39)9-17)13-44-26(47)4-5-27(44)48/h4-6,8-10,18,24,34-36,42,45-46,50,52-54H,7,11-15,39H2,1-3H3,(H3,40,41,43)/t18-,24-,34-,35-,36-,38-/m1/s1. The number of aliphatic imine (C=N–C) groups is 1. The molecule has 304 valence electrons. The Morgan fingerprint density at radius 3 is 2.40 bits per heavy atom. The number of carbonyl (C=O) groups is 4. The number of phenolic OH excluding ortho intramolecular Hbond substituents is 1. The van der Waals surface area contributed by atoms with Gasteiger partial charge < -0.3 is 67.0 Å². The molecule has 2 aromatic rings. The van der Waals surface area contributed by atoms with Gasteiger partial charge in [0, 0.05) is 73.1 Å². The first-order valence-electron chi connectivity index (χ1n) is 17.8. The summed E-state index contributed by atoms with van der Waals surface area (Å²) in [4.78, 5) is 58.4. The number of nitrogens with two attached hydrogens (primary N) is 2. The van der Waals surface area contributed by atoms with Gasteiger partial charge in [-0.3, -0.25) is 29.1 Å². The summed E-state index contributed by atoms with van der Waals surface area (Å²) in [5, 5.41) is 73.3. The maximum Gasteiger partial charge on any atom is 0.253 e. The smallest absolute Gasteiger partial charge is 0.253 e. The van der Waals surface area contributed by atoms with E-state index in [0.29, 0.717) is 11.1 Å². The van der Waals surface area contributed by atoms with Gasteiger partial charge in [0.05, 0.1) is 37.3 Å². The molecule has 19 heteroatoms. The van der Waals surface area contributed by atoms with Gasteiger partial charge in [0.15, 0.2) is 11.7 Å². The molecule has 19 nitrogen and oxygen atoms in total. The number of imide groups is 1. The van der Waals surface area contributed by atoms with Crippen LogP contribution >= 0.6 is 0 Å². The molecule has 12 N–H and O–H groups in total. The number of ketones is 2. The van der Waals surface area contributed by atoms with Crippen LogP contribution in [0.1, 0.15) is 55.0 Å². The number of benzene rings is 2. The van der Waals surface area contributed by atoms with Crippen LogP contribution in [0.4, 0.5) is 0 Å². The number of carbonyl (C=O) groups excluding carboxylic acids is 4. The summed E-state index contributed by atoms with van der Waals surface area (Å²) in [5.41, 5.74) is 9.06. The van der Waals surface area contributed by atoms with Crippen molar-refractivity contribution in [3.8, 4) is 17.2 Å². The first kappa shape index (κ1) is 40.8. The van der Waals surface area contributed by atoms with Gasteiger partial charge in [-0.2, -0.15) is 0 Å². The lowest BCUT2D eigenvalue weighted by Gasteiger charge is -2.49. The third-order valence-corrected chi connectivity index (χ3v) is 10.7. The van der Waals surface area contributed by atoms with Crippen LogP contribution in [-0.4, -0.2) is 129 Å². The highest BCUT2D eigenvalue weighted by atomic mass is 16.7. The van der Waals surface area contributed by atoms with Crippen LogP contribution in [-0.2, 0) is 27.5 Å². The number of phenols is 1. The average Bonchev–Trinajstić information content (AvgIpc) is 3.51. The summed E-state index contributed by atoms with van der Waals surface area (Å²) in [6.45, 7) is -0.163. The minimum atomic E-state index is -2.45. The van der Waals surface area contributed by atoms with E-state index in [-0.39, 0.29) is 65.0 Å². The van der Waals surface area contributed by atoms with E-state index >= 15 is 0 Å². The number of nitrogens with one attached hydrogen (secondary N) is 2. The molecule has 0 radical (unpaired) electrons. The molecule has 0 saturated carbocycles. The summed E-state index contributed by atoms with van der Waals surface area (Å²) < 4.78 is 17.4. The van der Waals surface area contributed by atoms with Gasteiger partial charge in [-0.1, -0.05) is 6.08 Å². The minimum absolute atomic E-state index is 0.0467. The van der Waals surface area contributed by atoms with Crippen molar-refractivity contribution in [1.82, 2.24) is 15.5 Å². The lowest BCUT2D eigenvalue weighted by atomic mass is 9.75. The SMILES string of the molecule is CN=C(N)NCc1c(C)cc2c(c1O)C(=O)c1c(O[C@@H]3O[C@H](CO)[C@](O)(C[C@H](CN4C(=O)C=CC4=O)C4=CCNC(N)=C4)[C@H](O)[C@H]3O)cc(OC)c(CO)c1C2=O. The zero-order chi connectivity index (χ0) is 41.5. The molecule has 2 amide bonds. The maximum atomic E-state index is 14.4. The Morgan fingerprint density at radius 1 is 1.09 bits per heavy atom. The van der Waals surface area contributed by atoms with Crippen molar-refractivity contribution in [1.29, 1.82) is 0 Å². The van der Waals surface area contributed by atoms with Crippen molar-refractivity contribution in [2.24, 2.45) is 22.4 Å². The minimum Gasteiger partial charge on any atom is -0.507 e. The monoisotopic (exact) mass is 792 g/mol. The number of hydrogen-bond donors (Lipinski definition) is 10. The van der Waals surface area contributed by atoms with Crippen molar-refractivity contribution in [2.75, 3.05) is 33.9 Å². The van der Waals surface area contributed by atoms with E-state index in [1.54, 1.807) is 13.0 Å². The Balaban J connectivity index is 1.37. The fourth-order valence-electron chi connectivity index (χ4n) is 7.62. The highest BCUT2D eigenvalue weighted by molar-refractivity contribution is 6.31. The molecule has 0 bridgehead atoms. The molecular formula is C38H44N6O13. The normalized spacial score (nSPS) is 25.1. The van der Waals surface area contributed by atoms with Crippen molar-refractivity contribution in [3.63, 3.8) is 0 Å². The van der Waals surface area contributed by atoms with E-state index in [2.05, 4.69) is 15.6 Å². The number of rotatable bonds is 12. The summed E-state index contributed by atoms with van der Waals surface area (Å²) in [6, 6.07) is 2.56. The van der Waals surface area contributed by atoms with E-state index in [4.69, 9.17) is 25.7 Å². The van der Waals surface area contributed by atoms with Gasteiger partial charge in [0.1, 0.15) is 41.2 Å². The number of aliphatic hydroxyl groups is 5. The van der Waals surface area contributed by atoms with Crippen LogP contribution in [0.5, 0.6) is 17.2 Å². The Kier molecular flexibility index (Phi) is 11.4. The molecule has 57 heavy (non-hydrogen) atoms. The fourth-order valence-corrected chi connectivity index (χ4v) is 7.62. The molecule has 0 aromatic heterocycles. The number of aryl methyl sites for hydroxylation is 1. The van der Waals surface area contributed by atoms with Crippen LogP contribution in [0.15, 0.2) is 52.8 Å². The van der Waals surface area contributed by atoms with Crippen molar-refractivity contribution < 1.29 is 64.0 Å². The lowest BCUT2D eigenvalue weighted by Crippen LogP contribution is -2.68. The molecule has 2 aromatic carbocycles. The molecule has 1 saturated heterocycles. The zero-order valence-corrected chi connectivity index (χ0v) is 31.2. The van der Waals surface area contributed by atoms with Gasteiger partial charge in [-0.05, 0) is 36.6 Å². The third-order valence-electron chi connectivity index (χ3n) is 10.7. The van der Waals surface area contributed by atoms with Crippen LogP contribution < -0.4 is 31.6 Å². The van der Waals surface area contributed by atoms with E-state index < -0.39 is 96.2 Å². The highest BCUT2D eigenvalue weighted by Crippen LogP contribution is 2.45. The summed E-state index contributed by atoms with van der Waals surface area (Å²) in [5.74, 6) is -4.55. The number of allylic oxidation sites excluding steroid dienone is 1. The van der Waals surface area contributed by atoms with Crippen molar-refractivity contribution >= 4 is 29.3 Å². The van der Waals surface area contributed by atoms with Crippen molar-refractivity contribution in [3.05, 3.63) is 86.8 Å². The molecule has 1 fully saturated rings. The number of methoxy groups -OCH3 is 1. The second-order valence-electron chi connectivity index (χ2n) is 14.0.